The van der Waals surface area contributed by atoms with Crippen molar-refractivity contribution in [2.24, 2.45) is 5.92 Å². The molecule has 7 nitrogen and oxygen atoms in total. The van der Waals surface area contributed by atoms with E-state index in [1.807, 2.05) is 12.1 Å². The fourth-order valence-electron chi connectivity index (χ4n) is 2.60. The van der Waals surface area contributed by atoms with Gasteiger partial charge >= 0.3 is 0 Å². The quantitative estimate of drug-likeness (QED) is 0.827. The van der Waals surface area contributed by atoms with Crippen LogP contribution < -0.4 is 4.90 Å². The van der Waals surface area contributed by atoms with Crippen LogP contribution in [0, 0.1) is 17.2 Å². The zero-order chi connectivity index (χ0) is 17.1. The van der Waals surface area contributed by atoms with Crippen LogP contribution in [0.1, 0.15) is 25.8 Å². The molecule has 2 heterocycles. The number of amides is 1. The summed E-state index contributed by atoms with van der Waals surface area (Å²) < 4.78 is 1.76. The van der Waals surface area contributed by atoms with Crippen LogP contribution in [-0.4, -0.2) is 37.9 Å². The second-order valence-corrected chi connectivity index (χ2v) is 7.25. The molecule has 1 fully saturated rings. The highest BCUT2D eigenvalue weighted by Crippen LogP contribution is 2.32. The summed E-state index contributed by atoms with van der Waals surface area (Å²) in [5, 5.41) is 21.1. The van der Waals surface area contributed by atoms with Crippen molar-refractivity contribution in [3.05, 3.63) is 29.8 Å². The van der Waals surface area contributed by atoms with E-state index in [0.717, 1.165) is 18.7 Å². The van der Waals surface area contributed by atoms with Gasteiger partial charge in [0, 0.05) is 18.8 Å². The highest BCUT2D eigenvalue weighted by atomic mass is 32.2. The van der Waals surface area contributed by atoms with Crippen LogP contribution in [-0.2, 0) is 11.3 Å². The van der Waals surface area contributed by atoms with Crippen molar-refractivity contribution in [1.29, 1.82) is 5.26 Å². The Hall–Kier alpha value is -2.40. The van der Waals surface area contributed by atoms with Crippen molar-refractivity contribution in [1.82, 2.24) is 20.2 Å². The molecule has 24 heavy (non-hydrogen) atoms. The summed E-state index contributed by atoms with van der Waals surface area (Å²) >= 11 is 1.42. The predicted octanol–water partition coefficient (Wildman–Crippen LogP) is 2.10. The van der Waals surface area contributed by atoms with E-state index in [2.05, 4.69) is 35.4 Å². The van der Waals surface area contributed by atoms with Crippen molar-refractivity contribution in [3.8, 4) is 6.07 Å². The molecule has 1 unspecified atom stereocenters. The number of aromatic nitrogens is 4. The zero-order valence-corrected chi connectivity index (χ0v) is 14.4. The number of thioether (sulfide) groups is 1. The van der Waals surface area contributed by atoms with Crippen molar-refractivity contribution >= 4 is 23.4 Å². The molecule has 1 aliphatic rings. The predicted molar refractivity (Wildman–Crippen MR) is 90.4 cm³/mol. The van der Waals surface area contributed by atoms with E-state index in [1.54, 1.807) is 21.7 Å². The Kier molecular flexibility index (Phi) is 4.81. The SMILES string of the molecule is CC(C)Cn1nnnc1SC1CCN(c2ccc(C#N)cc2)C1=O. The van der Waals surface area contributed by atoms with Crippen LogP contribution >= 0.6 is 11.8 Å². The minimum absolute atomic E-state index is 0.0591. The van der Waals surface area contributed by atoms with E-state index < -0.39 is 0 Å². The molecular formula is C16H18N6OS. The van der Waals surface area contributed by atoms with Gasteiger partial charge in [0.1, 0.15) is 0 Å². The Balaban J connectivity index is 1.70. The molecule has 8 heteroatoms. The Labute approximate surface area is 144 Å². The maximum absolute atomic E-state index is 12.7. The molecule has 3 rings (SSSR count). The number of tetrazole rings is 1. The van der Waals surface area contributed by atoms with Crippen LogP contribution in [0.5, 0.6) is 0 Å². The van der Waals surface area contributed by atoms with E-state index in [0.29, 0.717) is 23.2 Å². The lowest BCUT2D eigenvalue weighted by atomic mass is 10.2. The average Bonchev–Trinajstić information content (AvgIpc) is 3.15. The van der Waals surface area contributed by atoms with Crippen molar-refractivity contribution < 1.29 is 4.79 Å². The summed E-state index contributed by atoms with van der Waals surface area (Å²) in [7, 11) is 0. The molecule has 0 aliphatic carbocycles. The van der Waals surface area contributed by atoms with Crippen LogP contribution in [0.25, 0.3) is 0 Å². The lowest BCUT2D eigenvalue weighted by Crippen LogP contribution is -2.28. The smallest absolute Gasteiger partial charge is 0.240 e. The topological polar surface area (TPSA) is 87.7 Å². The van der Waals surface area contributed by atoms with Gasteiger partial charge in [0.05, 0.1) is 16.9 Å². The zero-order valence-electron chi connectivity index (χ0n) is 13.6. The Morgan fingerprint density at radius 1 is 1.38 bits per heavy atom. The largest absolute Gasteiger partial charge is 0.311 e. The molecule has 0 bridgehead atoms. The summed E-state index contributed by atoms with van der Waals surface area (Å²) in [6, 6.07) is 9.16. The third-order valence-corrected chi connectivity index (χ3v) is 4.97. The Morgan fingerprint density at radius 3 is 2.79 bits per heavy atom. The molecule has 1 aromatic heterocycles. The normalized spacial score (nSPS) is 17.5. The third-order valence-electron chi connectivity index (χ3n) is 3.75. The van der Waals surface area contributed by atoms with E-state index in [-0.39, 0.29) is 11.2 Å². The number of benzene rings is 1. The Bertz CT molecular complexity index is 764. The molecule has 0 radical (unpaired) electrons. The van der Waals surface area contributed by atoms with E-state index >= 15 is 0 Å². The number of hydrogen-bond acceptors (Lipinski definition) is 6. The van der Waals surface area contributed by atoms with Crippen LogP contribution in [0.3, 0.4) is 0 Å². The third kappa shape index (κ3) is 3.41. The fraction of sp³-hybridized carbons (Fsp3) is 0.438. The molecule has 2 aromatic rings. The first kappa shape index (κ1) is 16.5. The van der Waals surface area contributed by atoms with Crippen molar-refractivity contribution in [2.45, 2.75) is 37.2 Å². The number of anilines is 1. The molecule has 124 valence electrons. The molecule has 0 N–H and O–H groups in total. The van der Waals surface area contributed by atoms with Gasteiger partial charge in [0.15, 0.2) is 0 Å². The second-order valence-electron chi connectivity index (χ2n) is 6.08. The lowest BCUT2D eigenvalue weighted by molar-refractivity contribution is -0.116. The number of carbonyl (C=O) groups is 1. The first-order valence-corrected chi connectivity index (χ1v) is 8.71. The number of nitriles is 1. The van der Waals surface area contributed by atoms with Gasteiger partial charge in [-0.1, -0.05) is 25.6 Å². The van der Waals surface area contributed by atoms with Crippen LogP contribution in [0.4, 0.5) is 5.69 Å². The molecule has 0 saturated carbocycles. The molecule has 1 saturated heterocycles. The molecule has 1 aliphatic heterocycles. The average molecular weight is 342 g/mol. The monoisotopic (exact) mass is 342 g/mol. The van der Waals surface area contributed by atoms with Gasteiger partial charge in [0.2, 0.25) is 11.1 Å². The molecule has 1 amide bonds. The van der Waals surface area contributed by atoms with E-state index in [1.165, 1.54) is 11.8 Å². The maximum atomic E-state index is 12.7. The van der Waals surface area contributed by atoms with Gasteiger partial charge in [-0.3, -0.25) is 4.79 Å². The fourth-order valence-corrected chi connectivity index (χ4v) is 3.63. The number of nitrogens with zero attached hydrogens (tertiary/aromatic N) is 6. The summed E-state index contributed by atoms with van der Waals surface area (Å²) in [6.45, 7) is 5.59. The van der Waals surface area contributed by atoms with Crippen molar-refractivity contribution in [3.63, 3.8) is 0 Å². The number of rotatable bonds is 5. The highest BCUT2D eigenvalue weighted by molar-refractivity contribution is 8.00. The van der Waals surface area contributed by atoms with E-state index in [4.69, 9.17) is 5.26 Å². The minimum Gasteiger partial charge on any atom is -0.311 e. The van der Waals surface area contributed by atoms with Gasteiger partial charge in [-0.25, -0.2) is 4.68 Å². The molecule has 1 aromatic carbocycles. The van der Waals surface area contributed by atoms with Crippen molar-refractivity contribution in [2.75, 3.05) is 11.4 Å². The standard InChI is InChI=1S/C16H18N6OS/c1-11(2)10-22-16(18-19-20-22)24-14-7-8-21(15(14)23)13-5-3-12(9-17)4-6-13/h3-6,11,14H,7-8,10H2,1-2H3. The lowest BCUT2D eigenvalue weighted by Gasteiger charge is -2.16. The Morgan fingerprint density at radius 2 is 2.12 bits per heavy atom. The van der Waals surface area contributed by atoms with Gasteiger partial charge < -0.3 is 4.90 Å². The second kappa shape index (κ2) is 7.01. The maximum Gasteiger partial charge on any atom is 0.240 e. The van der Waals surface area contributed by atoms with Gasteiger partial charge in [-0.05, 0) is 47.0 Å². The summed E-state index contributed by atoms with van der Waals surface area (Å²) in [5.74, 6) is 0.492. The molecule has 1 atom stereocenters. The van der Waals surface area contributed by atoms with Gasteiger partial charge in [-0.2, -0.15) is 5.26 Å². The van der Waals surface area contributed by atoms with Crippen LogP contribution in [0.2, 0.25) is 0 Å². The summed E-state index contributed by atoms with van der Waals surface area (Å²) in [4.78, 5) is 14.4. The van der Waals surface area contributed by atoms with E-state index in [9.17, 15) is 4.79 Å². The summed E-state index contributed by atoms with van der Waals surface area (Å²) in [6.07, 6.45) is 0.748. The number of carbonyl (C=O) groups excluding carboxylic acids is 1. The van der Waals surface area contributed by atoms with Gasteiger partial charge in [0.25, 0.3) is 0 Å². The first-order chi connectivity index (χ1) is 11.6. The highest BCUT2D eigenvalue weighted by Gasteiger charge is 2.34. The minimum atomic E-state index is -0.183. The molecule has 0 spiro atoms. The van der Waals surface area contributed by atoms with Gasteiger partial charge in [-0.15, -0.1) is 5.10 Å². The number of hydrogen-bond donors (Lipinski definition) is 0. The first-order valence-electron chi connectivity index (χ1n) is 7.83. The summed E-state index contributed by atoms with van der Waals surface area (Å²) in [5.41, 5.74) is 1.41. The molecular weight excluding hydrogens is 324 g/mol. The van der Waals surface area contributed by atoms with Crippen LogP contribution in [0.15, 0.2) is 29.4 Å².